The van der Waals surface area contributed by atoms with Gasteiger partial charge in [-0.15, -0.1) is 0 Å². The summed E-state index contributed by atoms with van der Waals surface area (Å²) < 4.78 is 1.08. The van der Waals surface area contributed by atoms with Gasteiger partial charge in [0.15, 0.2) is 0 Å². The molecule has 0 bridgehead atoms. The second kappa shape index (κ2) is 5.13. The molecule has 17 heavy (non-hydrogen) atoms. The van der Waals surface area contributed by atoms with Crippen LogP contribution < -0.4 is 10.9 Å². The van der Waals surface area contributed by atoms with E-state index in [9.17, 15) is 9.59 Å². The molecular weight excluding hydrogens is 331 g/mol. The first-order chi connectivity index (χ1) is 8.16. The van der Waals surface area contributed by atoms with Crippen molar-refractivity contribution in [2.24, 2.45) is 0 Å². The Morgan fingerprint density at radius 1 is 1.18 bits per heavy atom. The third-order valence-corrected chi connectivity index (χ3v) is 2.88. The van der Waals surface area contributed by atoms with Gasteiger partial charge in [-0.05, 0) is 59.0 Å². The molecule has 0 aliphatic carbocycles. The highest BCUT2D eigenvalue weighted by Crippen LogP contribution is 2.11. The van der Waals surface area contributed by atoms with Crippen molar-refractivity contribution in [3.05, 3.63) is 62.1 Å². The summed E-state index contributed by atoms with van der Waals surface area (Å²) in [5, 5.41) is 2.66. The van der Waals surface area contributed by atoms with E-state index in [1.807, 2.05) is 12.1 Å². The summed E-state index contributed by atoms with van der Waals surface area (Å²) in [6.07, 6.45) is 1.49. The van der Waals surface area contributed by atoms with Gasteiger partial charge in [-0.3, -0.25) is 9.59 Å². The topological polar surface area (TPSA) is 62.0 Å². The zero-order valence-corrected chi connectivity index (χ0v) is 10.9. The first kappa shape index (κ1) is 11.8. The molecule has 1 aromatic carbocycles. The number of carbonyl (C=O) groups excluding carboxylic acids is 1. The fraction of sp³-hybridized carbons (Fsp3) is 0. The van der Waals surface area contributed by atoms with Crippen LogP contribution in [0, 0.1) is 3.57 Å². The molecule has 0 spiro atoms. The first-order valence-corrected chi connectivity index (χ1v) is 5.99. The highest BCUT2D eigenvalue weighted by Gasteiger charge is 2.09. The van der Waals surface area contributed by atoms with E-state index in [-0.39, 0.29) is 5.56 Å². The van der Waals surface area contributed by atoms with Crippen LogP contribution in [0.3, 0.4) is 0 Å². The first-order valence-electron chi connectivity index (χ1n) is 4.91. The van der Waals surface area contributed by atoms with Gasteiger partial charge >= 0.3 is 0 Å². The molecule has 1 amide bonds. The van der Waals surface area contributed by atoms with Gasteiger partial charge in [0.1, 0.15) is 5.56 Å². The summed E-state index contributed by atoms with van der Waals surface area (Å²) in [4.78, 5) is 25.6. The van der Waals surface area contributed by atoms with Crippen molar-refractivity contribution in [1.29, 1.82) is 0 Å². The third kappa shape index (κ3) is 2.94. The number of benzene rings is 1. The number of pyridine rings is 1. The lowest BCUT2D eigenvalue weighted by atomic mass is 10.2. The quantitative estimate of drug-likeness (QED) is 0.824. The SMILES string of the molecule is O=C(Nc1ccc(I)cc1)c1ccc[nH]c1=O. The predicted molar refractivity (Wildman–Crippen MR) is 74.2 cm³/mol. The molecule has 0 aliphatic heterocycles. The number of amides is 1. The number of rotatable bonds is 2. The summed E-state index contributed by atoms with van der Waals surface area (Å²) in [5.74, 6) is -0.409. The highest BCUT2D eigenvalue weighted by atomic mass is 127. The van der Waals surface area contributed by atoms with E-state index in [0.29, 0.717) is 5.69 Å². The largest absolute Gasteiger partial charge is 0.328 e. The lowest BCUT2D eigenvalue weighted by molar-refractivity contribution is 0.102. The van der Waals surface area contributed by atoms with E-state index >= 15 is 0 Å². The van der Waals surface area contributed by atoms with Gasteiger partial charge in [-0.1, -0.05) is 0 Å². The lowest BCUT2D eigenvalue weighted by Crippen LogP contribution is -2.22. The Hall–Kier alpha value is -1.63. The maximum atomic E-state index is 11.8. The Morgan fingerprint density at radius 2 is 1.88 bits per heavy atom. The van der Waals surface area contributed by atoms with Gasteiger partial charge in [0.05, 0.1) is 0 Å². The average molecular weight is 340 g/mol. The molecule has 0 radical (unpaired) electrons. The highest BCUT2D eigenvalue weighted by molar-refractivity contribution is 14.1. The third-order valence-electron chi connectivity index (χ3n) is 2.16. The summed E-state index contributed by atoms with van der Waals surface area (Å²) >= 11 is 2.18. The van der Waals surface area contributed by atoms with Gasteiger partial charge in [0.25, 0.3) is 11.5 Å². The minimum Gasteiger partial charge on any atom is -0.328 e. The molecule has 86 valence electrons. The van der Waals surface area contributed by atoms with E-state index in [1.165, 1.54) is 12.3 Å². The maximum Gasteiger partial charge on any atom is 0.261 e. The van der Waals surface area contributed by atoms with Crippen LogP contribution in [0.1, 0.15) is 10.4 Å². The second-order valence-corrected chi connectivity index (χ2v) is 4.62. The number of anilines is 1. The molecule has 4 nitrogen and oxygen atoms in total. The van der Waals surface area contributed by atoms with Crippen LogP contribution in [-0.4, -0.2) is 10.9 Å². The normalized spacial score (nSPS) is 9.94. The molecular formula is C12H9IN2O2. The number of nitrogens with one attached hydrogen (secondary N) is 2. The Labute approximate surface area is 111 Å². The van der Waals surface area contributed by atoms with Crippen LogP contribution in [-0.2, 0) is 0 Å². The number of hydrogen-bond acceptors (Lipinski definition) is 2. The standard InChI is InChI=1S/C12H9IN2O2/c13-8-3-5-9(6-4-8)15-12(17)10-2-1-7-14-11(10)16/h1-7H,(H,14,16)(H,15,17). The van der Waals surface area contributed by atoms with Crippen LogP contribution in [0.25, 0.3) is 0 Å². The molecule has 0 fully saturated rings. The van der Waals surface area contributed by atoms with E-state index in [0.717, 1.165) is 3.57 Å². The van der Waals surface area contributed by atoms with Crippen molar-refractivity contribution in [3.63, 3.8) is 0 Å². The molecule has 1 heterocycles. The zero-order valence-electron chi connectivity index (χ0n) is 8.74. The van der Waals surface area contributed by atoms with Gasteiger partial charge in [0.2, 0.25) is 0 Å². The van der Waals surface area contributed by atoms with E-state index < -0.39 is 11.5 Å². The molecule has 2 N–H and O–H groups in total. The Kier molecular flexibility index (Phi) is 3.58. The van der Waals surface area contributed by atoms with Crippen molar-refractivity contribution < 1.29 is 4.79 Å². The minimum atomic E-state index is -0.409. The number of halogens is 1. The molecule has 5 heteroatoms. The van der Waals surface area contributed by atoms with Gasteiger partial charge in [-0.2, -0.15) is 0 Å². The molecule has 0 saturated heterocycles. The number of aromatic nitrogens is 1. The lowest BCUT2D eigenvalue weighted by Gasteiger charge is -2.04. The maximum absolute atomic E-state index is 11.8. The summed E-state index contributed by atoms with van der Waals surface area (Å²) in [6.45, 7) is 0. The summed E-state index contributed by atoms with van der Waals surface area (Å²) in [5.41, 5.74) is 0.375. The van der Waals surface area contributed by atoms with Crippen LogP contribution in [0.4, 0.5) is 5.69 Å². The Morgan fingerprint density at radius 3 is 2.53 bits per heavy atom. The Bertz CT molecular complexity index is 590. The molecule has 0 saturated carbocycles. The smallest absolute Gasteiger partial charge is 0.261 e. The van der Waals surface area contributed by atoms with Crippen LogP contribution in [0.15, 0.2) is 47.4 Å². The predicted octanol–water partition coefficient (Wildman–Crippen LogP) is 2.23. The number of H-pyrrole nitrogens is 1. The zero-order chi connectivity index (χ0) is 12.3. The number of aromatic amines is 1. The molecule has 0 atom stereocenters. The molecule has 2 rings (SSSR count). The van der Waals surface area contributed by atoms with E-state index in [4.69, 9.17) is 0 Å². The van der Waals surface area contributed by atoms with E-state index in [2.05, 4.69) is 32.9 Å². The Balaban J connectivity index is 2.20. The average Bonchev–Trinajstić information content (AvgIpc) is 2.32. The van der Waals surface area contributed by atoms with E-state index in [1.54, 1.807) is 18.2 Å². The number of hydrogen-bond donors (Lipinski definition) is 2. The van der Waals surface area contributed by atoms with Crippen LogP contribution in [0.5, 0.6) is 0 Å². The fourth-order valence-corrected chi connectivity index (χ4v) is 1.69. The van der Waals surface area contributed by atoms with Crippen LogP contribution >= 0.6 is 22.6 Å². The van der Waals surface area contributed by atoms with Crippen molar-refractivity contribution in [2.45, 2.75) is 0 Å². The molecule has 1 aromatic heterocycles. The molecule has 0 aliphatic rings. The van der Waals surface area contributed by atoms with Gasteiger partial charge in [0, 0.05) is 15.5 Å². The molecule has 2 aromatic rings. The number of carbonyl (C=O) groups is 1. The van der Waals surface area contributed by atoms with Crippen molar-refractivity contribution in [3.8, 4) is 0 Å². The van der Waals surface area contributed by atoms with Crippen molar-refractivity contribution in [1.82, 2.24) is 4.98 Å². The second-order valence-electron chi connectivity index (χ2n) is 3.37. The molecule has 0 unspecified atom stereocenters. The van der Waals surface area contributed by atoms with Crippen LogP contribution in [0.2, 0.25) is 0 Å². The monoisotopic (exact) mass is 340 g/mol. The van der Waals surface area contributed by atoms with Crippen molar-refractivity contribution >= 4 is 34.2 Å². The van der Waals surface area contributed by atoms with Gasteiger partial charge < -0.3 is 10.3 Å². The fourth-order valence-electron chi connectivity index (χ4n) is 1.33. The minimum absolute atomic E-state index is 0.103. The summed E-state index contributed by atoms with van der Waals surface area (Å²) in [6, 6.07) is 10.4. The van der Waals surface area contributed by atoms with Gasteiger partial charge in [-0.25, -0.2) is 0 Å². The summed E-state index contributed by atoms with van der Waals surface area (Å²) in [7, 11) is 0. The van der Waals surface area contributed by atoms with Crippen molar-refractivity contribution in [2.75, 3.05) is 5.32 Å².